The summed E-state index contributed by atoms with van der Waals surface area (Å²) >= 11 is 0. The molecule has 0 saturated heterocycles. The van der Waals surface area contributed by atoms with Crippen LogP contribution in [0.3, 0.4) is 0 Å². The molecule has 0 fully saturated rings. The van der Waals surface area contributed by atoms with Crippen LogP contribution in [0.15, 0.2) is 18.2 Å². The van der Waals surface area contributed by atoms with Crippen molar-refractivity contribution in [3.8, 4) is 0 Å². The van der Waals surface area contributed by atoms with Crippen molar-refractivity contribution in [3.63, 3.8) is 0 Å². The summed E-state index contributed by atoms with van der Waals surface area (Å²) in [5, 5.41) is 0. The van der Waals surface area contributed by atoms with E-state index in [9.17, 15) is 4.79 Å². The summed E-state index contributed by atoms with van der Waals surface area (Å²) in [7, 11) is 0. The van der Waals surface area contributed by atoms with Gasteiger partial charge in [-0.25, -0.2) is 0 Å². The molecule has 1 atom stereocenters. The molecule has 0 spiro atoms. The van der Waals surface area contributed by atoms with E-state index in [-0.39, 0.29) is 29.9 Å². The molecule has 3 heteroatoms. The van der Waals surface area contributed by atoms with E-state index in [1.54, 1.807) is 0 Å². The van der Waals surface area contributed by atoms with Crippen molar-refractivity contribution in [2.24, 2.45) is 5.41 Å². The molecule has 115 valence electrons. The molecule has 0 heterocycles. The molecular weight excluding hydrogens is 299 g/mol. The zero-order chi connectivity index (χ0) is 14.4. The number of hydrogen-bond donors (Lipinski definition) is 0. The van der Waals surface area contributed by atoms with Gasteiger partial charge in [-0.1, -0.05) is 39.0 Å². The minimum Gasteiger partial charge on any atom is -0.466 e. The number of ether oxygens (including phenoxy) is 1. The van der Waals surface area contributed by atoms with E-state index in [0.717, 1.165) is 44.9 Å². The summed E-state index contributed by atoms with van der Waals surface area (Å²) in [6.45, 7) is 4.54. The summed E-state index contributed by atoms with van der Waals surface area (Å²) < 4.78 is 5.40. The second-order valence-electron chi connectivity index (χ2n) is 5.83. The van der Waals surface area contributed by atoms with Gasteiger partial charge in [0.2, 0.25) is 0 Å². The van der Waals surface area contributed by atoms with Crippen LogP contribution >= 0.6 is 0 Å². The van der Waals surface area contributed by atoms with E-state index in [1.807, 2.05) is 13.0 Å². The Labute approximate surface area is 140 Å². The molecule has 0 bridgehead atoms. The SMILES string of the molecule is CCCCC1(C(=O)OCC)CCCc2cc[c-]cc2C1.[V]. The van der Waals surface area contributed by atoms with Gasteiger partial charge in [0.15, 0.2) is 0 Å². The fourth-order valence-corrected chi connectivity index (χ4v) is 3.26. The Bertz CT molecular complexity index is 454. The van der Waals surface area contributed by atoms with Gasteiger partial charge in [-0.2, -0.15) is 35.4 Å². The number of benzene rings is 1. The second kappa shape index (κ2) is 8.65. The van der Waals surface area contributed by atoms with Crippen LogP contribution in [-0.4, -0.2) is 12.6 Å². The van der Waals surface area contributed by atoms with Crippen LogP contribution < -0.4 is 0 Å². The first-order valence-electron chi connectivity index (χ1n) is 7.87. The molecule has 2 nitrogen and oxygen atoms in total. The number of esters is 1. The Balaban J connectivity index is 0.00000220. The molecule has 1 aliphatic carbocycles. The molecule has 0 amide bonds. The van der Waals surface area contributed by atoms with Gasteiger partial charge in [-0.05, 0) is 19.8 Å². The van der Waals surface area contributed by atoms with Crippen LogP contribution in [0.4, 0.5) is 0 Å². The van der Waals surface area contributed by atoms with Gasteiger partial charge in [0, 0.05) is 18.6 Å². The first-order chi connectivity index (χ1) is 9.72. The normalized spacial score (nSPS) is 20.9. The van der Waals surface area contributed by atoms with Gasteiger partial charge in [-0.15, -0.1) is 0 Å². The summed E-state index contributed by atoms with van der Waals surface area (Å²) in [5.74, 6) is 0.00477. The fourth-order valence-electron chi connectivity index (χ4n) is 3.26. The Hall–Kier alpha value is -0.726. The minimum absolute atomic E-state index is 0. The van der Waals surface area contributed by atoms with Gasteiger partial charge >= 0.3 is 5.97 Å². The van der Waals surface area contributed by atoms with Gasteiger partial charge in [0.1, 0.15) is 0 Å². The molecule has 0 aliphatic heterocycles. The number of rotatable bonds is 5. The summed E-state index contributed by atoms with van der Waals surface area (Å²) in [5.41, 5.74) is 2.35. The summed E-state index contributed by atoms with van der Waals surface area (Å²) in [6, 6.07) is 9.34. The molecule has 1 aromatic carbocycles. The third-order valence-electron chi connectivity index (χ3n) is 4.40. The average Bonchev–Trinajstić information content (AvgIpc) is 2.65. The number of aryl methyl sites for hydroxylation is 1. The maximum absolute atomic E-state index is 12.6. The Morgan fingerprint density at radius 2 is 2.19 bits per heavy atom. The van der Waals surface area contributed by atoms with E-state index in [4.69, 9.17) is 4.74 Å². The maximum Gasteiger partial charge on any atom is 0.311 e. The fraction of sp³-hybridized carbons (Fsp3) is 0.611. The van der Waals surface area contributed by atoms with Crippen molar-refractivity contribution in [1.82, 2.24) is 0 Å². The van der Waals surface area contributed by atoms with Gasteiger partial charge in [0.05, 0.1) is 12.0 Å². The minimum atomic E-state index is -0.313. The quantitative estimate of drug-likeness (QED) is 0.463. The van der Waals surface area contributed by atoms with Gasteiger partial charge in [-0.3, -0.25) is 4.79 Å². The van der Waals surface area contributed by atoms with Gasteiger partial charge in [0.25, 0.3) is 0 Å². The Kier molecular flexibility index (Phi) is 7.55. The van der Waals surface area contributed by atoms with Crippen molar-refractivity contribution in [1.29, 1.82) is 0 Å². The molecule has 0 saturated carbocycles. The van der Waals surface area contributed by atoms with Crippen molar-refractivity contribution in [2.75, 3.05) is 6.61 Å². The molecule has 1 aliphatic rings. The molecule has 1 aromatic rings. The second-order valence-corrected chi connectivity index (χ2v) is 5.83. The van der Waals surface area contributed by atoms with Gasteiger partial charge < -0.3 is 4.74 Å². The van der Waals surface area contributed by atoms with Crippen LogP contribution in [0.5, 0.6) is 0 Å². The van der Waals surface area contributed by atoms with Crippen LogP contribution in [0.1, 0.15) is 57.1 Å². The summed E-state index contributed by atoms with van der Waals surface area (Å²) in [4.78, 5) is 12.6. The number of carbonyl (C=O) groups excluding carboxylic acids is 1. The van der Waals surface area contributed by atoms with E-state index in [2.05, 4.69) is 25.1 Å². The third-order valence-corrected chi connectivity index (χ3v) is 4.40. The average molecular weight is 324 g/mol. The maximum atomic E-state index is 12.6. The van der Waals surface area contributed by atoms with Crippen LogP contribution in [-0.2, 0) is 40.9 Å². The predicted molar refractivity (Wildman–Crippen MR) is 80.5 cm³/mol. The molecule has 0 N–H and O–H groups in total. The largest absolute Gasteiger partial charge is 0.466 e. The smallest absolute Gasteiger partial charge is 0.311 e. The van der Waals surface area contributed by atoms with Crippen LogP contribution in [0.2, 0.25) is 0 Å². The van der Waals surface area contributed by atoms with Crippen molar-refractivity contribution < 1.29 is 28.1 Å². The zero-order valence-electron chi connectivity index (χ0n) is 13.2. The standard InChI is InChI=1S/C18H25O2.V/c1-3-5-12-18(17(19)20-4-2)13-8-11-15-9-6-7-10-16(15)14-18;/h6,9-10H,3-5,8,11-14H2,1-2H3;/q-1;. The van der Waals surface area contributed by atoms with Crippen molar-refractivity contribution >= 4 is 5.97 Å². The molecule has 0 aromatic heterocycles. The van der Waals surface area contributed by atoms with Crippen molar-refractivity contribution in [2.45, 2.75) is 58.8 Å². The van der Waals surface area contributed by atoms with Crippen molar-refractivity contribution in [3.05, 3.63) is 35.4 Å². The molecule has 1 radical (unpaired) electrons. The first kappa shape index (κ1) is 18.3. The van der Waals surface area contributed by atoms with Crippen LogP contribution in [0.25, 0.3) is 0 Å². The zero-order valence-corrected chi connectivity index (χ0v) is 14.5. The van der Waals surface area contributed by atoms with E-state index < -0.39 is 0 Å². The summed E-state index contributed by atoms with van der Waals surface area (Å²) in [6.07, 6.45) is 7.05. The molecular formula is C18H25O2V-. The first-order valence-corrected chi connectivity index (χ1v) is 7.87. The predicted octanol–water partition coefficient (Wildman–Crippen LogP) is 4.10. The monoisotopic (exact) mass is 324 g/mol. The number of carbonyl (C=O) groups is 1. The third kappa shape index (κ3) is 4.37. The number of unbranched alkanes of at least 4 members (excludes halogenated alkanes) is 1. The molecule has 21 heavy (non-hydrogen) atoms. The Morgan fingerprint density at radius 3 is 2.90 bits per heavy atom. The number of hydrogen-bond acceptors (Lipinski definition) is 2. The molecule has 2 rings (SSSR count). The van der Waals surface area contributed by atoms with E-state index >= 15 is 0 Å². The Morgan fingerprint density at radius 1 is 1.38 bits per heavy atom. The van der Waals surface area contributed by atoms with E-state index in [1.165, 1.54) is 11.1 Å². The van der Waals surface area contributed by atoms with Crippen LogP contribution in [0, 0.1) is 11.5 Å². The van der Waals surface area contributed by atoms with E-state index in [0.29, 0.717) is 6.61 Å². The molecule has 1 unspecified atom stereocenters. The number of fused-ring (bicyclic) bond motifs is 1. The topological polar surface area (TPSA) is 26.3 Å².